The minimum Gasteiger partial charge on any atom is -0.438 e. The third-order valence-electron chi connectivity index (χ3n) is 2.75. The number of hydrogen-bond acceptors (Lipinski definition) is 5. The lowest BCUT2D eigenvalue weighted by atomic mass is 10.2. The molecule has 1 atom stereocenters. The van der Waals surface area contributed by atoms with Gasteiger partial charge in [-0.2, -0.15) is 0 Å². The molecule has 2 aromatic rings. The van der Waals surface area contributed by atoms with Gasteiger partial charge in [0.25, 0.3) is 0 Å². The minimum atomic E-state index is -0.259. The summed E-state index contributed by atoms with van der Waals surface area (Å²) < 4.78 is 5.56. The van der Waals surface area contributed by atoms with Crippen molar-refractivity contribution in [3.63, 3.8) is 0 Å². The Morgan fingerprint density at radius 1 is 1.25 bits per heavy atom. The van der Waals surface area contributed by atoms with Gasteiger partial charge in [-0.25, -0.2) is 4.98 Å². The number of nitrogens with one attached hydrogen (secondary N) is 1. The van der Waals surface area contributed by atoms with Crippen LogP contribution < -0.4 is 10.1 Å². The summed E-state index contributed by atoms with van der Waals surface area (Å²) in [6.45, 7) is 3.37. The van der Waals surface area contributed by atoms with Crippen molar-refractivity contribution in [1.82, 2.24) is 15.3 Å². The van der Waals surface area contributed by atoms with E-state index in [1.807, 2.05) is 24.3 Å². The van der Waals surface area contributed by atoms with Gasteiger partial charge in [-0.1, -0.05) is 12.1 Å². The van der Waals surface area contributed by atoms with Gasteiger partial charge in [-0.05, 0) is 37.6 Å². The predicted molar refractivity (Wildman–Crippen MR) is 76.6 cm³/mol. The van der Waals surface area contributed by atoms with E-state index in [-0.39, 0.29) is 6.10 Å². The van der Waals surface area contributed by atoms with Crippen LogP contribution in [-0.4, -0.2) is 27.7 Å². The van der Waals surface area contributed by atoms with E-state index in [9.17, 15) is 0 Å². The first-order valence-electron chi connectivity index (χ1n) is 6.65. The van der Waals surface area contributed by atoms with Crippen molar-refractivity contribution in [2.24, 2.45) is 0 Å². The molecule has 2 N–H and O–H groups in total. The Morgan fingerprint density at radius 3 is 2.70 bits per heavy atom. The minimum absolute atomic E-state index is 0.259. The van der Waals surface area contributed by atoms with Crippen molar-refractivity contribution in [1.29, 1.82) is 0 Å². The van der Waals surface area contributed by atoms with Crippen LogP contribution in [0.4, 0.5) is 0 Å². The molecule has 0 saturated heterocycles. The van der Waals surface area contributed by atoms with Crippen LogP contribution in [0.15, 0.2) is 42.9 Å². The molecule has 0 amide bonds. The second-order valence-corrected chi connectivity index (χ2v) is 4.60. The van der Waals surface area contributed by atoms with Crippen LogP contribution in [0.5, 0.6) is 11.6 Å². The van der Waals surface area contributed by atoms with Crippen LogP contribution in [0.25, 0.3) is 0 Å². The first-order chi connectivity index (χ1) is 9.74. The number of hydrogen-bond donors (Lipinski definition) is 2. The van der Waals surface area contributed by atoms with Crippen molar-refractivity contribution in [2.45, 2.75) is 26.0 Å². The van der Waals surface area contributed by atoms with Gasteiger partial charge in [0.15, 0.2) is 0 Å². The zero-order chi connectivity index (χ0) is 14.2. The van der Waals surface area contributed by atoms with E-state index in [0.29, 0.717) is 5.88 Å². The van der Waals surface area contributed by atoms with Crippen molar-refractivity contribution >= 4 is 0 Å². The summed E-state index contributed by atoms with van der Waals surface area (Å²) >= 11 is 0. The highest BCUT2D eigenvalue weighted by atomic mass is 16.5. The second kappa shape index (κ2) is 7.57. The van der Waals surface area contributed by atoms with E-state index in [1.165, 1.54) is 5.56 Å². The van der Waals surface area contributed by atoms with Gasteiger partial charge in [-0.15, -0.1) is 0 Å². The van der Waals surface area contributed by atoms with Crippen LogP contribution in [0.1, 0.15) is 18.9 Å². The van der Waals surface area contributed by atoms with E-state index in [2.05, 4.69) is 15.3 Å². The number of nitrogens with zero attached hydrogens (tertiary/aromatic N) is 2. The lowest BCUT2D eigenvalue weighted by molar-refractivity contribution is 0.183. The molecule has 5 nitrogen and oxygen atoms in total. The summed E-state index contributed by atoms with van der Waals surface area (Å²) in [5.41, 5.74) is 1.17. The van der Waals surface area contributed by atoms with Crippen molar-refractivity contribution in [2.75, 3.05) is 6.54 Å². The van der Waals surface area contributed by atoms with Crippen LogP contribution >= 0.6 is 0 Å². The molecule has 106 valence electrons. The zero-order valence-electron chi connectivity index (χ0n) is 11.5. The van der Waals surface area contributed by atoms with E-state index in [4.69, 9.17) is 9.84 Å². The van der Waals surface area contributed by atoms with Crippen LogP contribution in [0.2, 0.25) is 0 Å². The zero-order valence-corrected chi connectivity index (χ0v) is 11.5. The maximum absolute atomic E-state index is 9.16. The smallest absolute Gasteiger partial charge is 0.237 e. The average molecular weight is 273 g/mol. The molecule has 0 aliphatic heterocycles. The molecular weight excluding hydrogens is 254 g/mol. The number of aliphatic hydroxyl groups is 1. The molecule has 0 bridgehead atoms. The Kier molecular flexibility index (Phi) is 5.46. The summed E-state index contributed by atoms with van der Waals surface area (Å²) in [6, 6.07) is 7.81. The topological polar surface area (TPSA) is 67.3 Å². The van der Waals surface area contributed by atoms with Gasteiger partial charge in [0, 0.05) is 18.9 Å². The maximum atomic E-state index is 9.16. The first kappa shape index (κ1) is 14.4. The van der Waals surface area contributed by atoms with Crippen molar-refractivity contribution in [3.8, 4) is 11.6 Å². The van der Waals surface area contributed by atoms with Gasteiger partial charge in [-0.3, -0.25) is 4.98 Å². The summed E-state index contributed by atoms with van der Waals surface area (Å²) in [6.07, 6.45) is 5.27. The second-order valence-electron chi connectivity index (χ2n) is 4.60. The van der Waals surface area contributed by atoms with E-state index < -0.39 is 0 Å². The number of ether oxygens (including phenoxy) is 1. The van der Waals surface area contributed by atoms with Crippen molar-refractivity contribution < 1.29 is 9.84 Å². The molecule has 20 heavy (non-hydrogen) atoms. The SMILES string of the molecule is CC(O)CCNCc1ccc(Oc2cnccn2)cc1. The number of aromatic nitrogens is 2. The third-order valence-corrected chi connectivity index (χ3v) is 2.75. The largest absolute Gasteiger partial charge is 0.438 e. The van der Waals surface area contributed by atoms with Crippen LogP contribution in [-0.2, 0) is 6.54 Å². The van der Waals surface area contributed by atoms with E-state index >= 15 is 0 Å². The van der Waals surface area contributed by atoms with E-state index in [0.717, 1.165) is 25.3 Å². The van der Waals surface area contributed by atoms with Gasteiger partial charge in [0.1, 0.15) is 5.75 Å². The Labute approximate surface area is 118 Å². The Morgan fingerprint density at radius 2 is 2.05 bits per heavy atom. The van der Waals surface area contributed by atoms with Crippen LogP contribution in [0, 0.1) is 0 Å². The molecule has 0 radical (unpaired) electrons. The van der Waals surface area contributed by atoms with Crippen LogP contribution in [0.3, 0.4) is 0 Å². The quantitative estimate of drug-likeness (QED) is 0.756. The molecule has 2 rings (SSSR count). The molecule has 1 aromatic carbocycles. The normalized spacial score (nSPS) is 12.1. The lowest BCUT2D eigenvalue weighted by Gasteiger charge is -2.08. The molecule has 0 saturated carbocycles. The Hall–Kier alpha value is -1.98. The molecular formula is C15H19N3O2. The third kappa shape index (κ3) is 4.95. The molecule has 1 heterocycles. The Bertz CT molecular complexity index is 500. The molecule has 0 fully saturated rings. The molecule has 0 spiro atoms. The lowest BCUT2D eigenvalue weighted by Crippen LogP contribution is -2.18. The number of rotatable bonds is 7. The van der Waals surface area contributed by atoms with Gasteiger partial charge in [0.05, 0.1) is 12.3 Å². The molecule has 1 aromatic heterocycles. The molecule has 0 aliphatic carbocycles. The highest BCUT2D eigenvalue weighted by Crippen LogP contribution is 2.18. The first-order valence-corrected chi connectivity index (χ1v) is 6.65. The maximum Gasteiger partial charge on any atom is 0.237 e. The molecule has 1 unspecified atom stereocenters. The van der Waals surface area contributed by atoms with E-state index in [1.54, 1.807) is 25.5 Å². The fourth-order valence-electron chi connectivity index (χ4n) is 1.68. The fraction of sp³-hybridized carbons (Fsp3) is 0.333. The summed E-state index contributed by atoms with van der Waals surface area (Å²) in [5, 5.41) is 12.4. The number of benzene rings is 1. The average Bonchev–Trinajstić information content (AvgIpc) is 2.46. The standard InChI is InChI=1S/C15H19N3O2/c1-12(19)6-7-16-10-13-2-4-14(5-3-13)20-15-11-17-8-9-18-15/h2-5,8-9,11-12,16,19H,6-7,10H2,1H3. The van der Waals surface area contributed by atoms with Gasteiger partial charge < -0.3 is 15.2 Å². The fourth-order valence-corrected chi connectivity index (χ4v) is 1.68. The summed E-state index contributed by atoms with van der Waals surface area (Å²) in [4.78, 5) is 8.00. The molecule has 5 heteroatoms. The molecule has 0 aliphatic rings. The highest BCUT2D eigenvalue weighted by molar-refractivity contribution is 5.29. The Balaban J connectivity index is 1.81. The van der Waals surface area contributed by atoms with Crippen molar-refractivity contribution in [3.05, 3.63) is 48.4 Å². The summed E-state index contributed by atoms with van der Waals surface area (Å²) in [5.74, 6) is 1.22. The van der Waals surface area contributed by atoms with Gasteiger partial charge in [0.2, 0.25) is 5.88 Å². The highest BCUT2D eigenvalue weighted by Gasteiger charge is 1.99. The monoisotopic (exact) mass is 273 g/mol. The number of aliphatic hydroxyl groups excluding tert-OH is 1. The predicted octanol–water partition coefficient (Wildman–Crippen LogP) is 2.13. The summed E-state index contributed by atoms with van der Waals surface area (Å²) in [7, 11) is 0. The van der Waals surface area contributed by atoms with Gasteiger partial charge >= 0.3 is 0 Å².